The molecule has 0 aliphatic rings. The summed E-state index contributed by atoms with van der Waals surface area (Å²) in [4.78, 5) is 21.4. The van der Waals surface area contributed by atoms with Gasteiger partial charge in [-0.1, -0.05) is 29.3 Å². The van der Waals surface area contributed by atoms with Crippen LogP contribution in [0.3, 0.4) is 0 Å². The van der Waals surface area contributed by atoms with Crippen molar-refractivity contribution in [1.29, 1.82) is 0 Å². The predicted molar refractivity (Wildman–Crippen MR) is 72.9 cm³/mol. The van der Waals surface area contributed by atoms with Gasteiger partial charge in [0, 0.05) is 0 Å². The van der Waals surface area contributed by atoms with Gasteiger partial charge < -0.3 is 25.0 Å². The summed E-state index contributed by atoms with van der Waals surface area (Å²) in [5.74, 6) is -1.31. The van der Waals surface area contributed by atoms with Gasteiger partial charge in [-0.05, 0) is 38.9 Å². The van der Waals surface area contributed by atoms with Gasteiger partial charge in [0.05, 0.1) is 21.5 Å². The summed E-state index contributed by atoms with van der Waals surface area (Å²) in [5.41, 5.74) is 0.417. The third-order valence-corrected chi connectivity index (χ3v) is 4.13. The van der Waals surface area contributed by atoms with E-state index >= 15 is 0 Å². The summed E-state index contributed by atoms with van der Waals surface area (Å²) in [7, 11) is -4.73. The second-order valence-corrected chi connectivity index (χ2v) is 6.46. The van der Waals surface area contributed by atoms with Gasteiger partial charge in [0.25, 0.3) is 0 Å². The first-order chi connectivity index (χ1) is 8.21. The third-order valence-electron chi connectivity index (χ3n) is 2.01. The summed E-state index contributed by atoms with van der Waals surface area (Å²) in [6, 6.07) is 4.85. The Hall–Kier alpha value is -0.360. The Morgan fingerprint density at radius 2 is 2.06 bits per heavy atom. The van der Waals surface area contributed by atoms with Gasteiger partial charge in [0.1, 0.15) is 0 Å². The van der Waals surface area contributed by atoms with Crippen molar-refractivity contribution < 1.29 is 14.4 Å². The molecule has 2 N–H and O–H groups in total. The Morgan fingerprint density at radius 3 is 2.61 bits per heavy atom. The molecule has 1 aromatic carbocycles. The summed E-state index contributed by atoms with van der Waals surface area (Å²) in [6.07, 6.45) is 0. The van der Waals surface area contributed by atoms with Crippen molar-refractivity contribution >= 4 is 53.8 Å². The molecular weight excluding hydrogens is 318 g/mol. The number of hydrogen-bond donors (Lipinski definition) is 2. The largest absolute Gasteiger partial charge is 0.809 e. The molecule has 5 nitrogen and oxygen atoms in total. The van der Waals surface area contributed by atoms with E-state index in [0.29, 0.717) is 10.7 Å². The minimum atomic E-state index is -4.73. The lowest BCUT2D eigenvalue weighted by Crippen LogP contribution is -2.41. The molecule has 1 rings (SSSR count). The van der Waals surface area contributed by atoms with Gasteiger partial charge in [0.2, 0.25) is 0 Å². The Morgan fingerprint density at radius 1 is 1.44 bits per heavy atom. The summed E-state index contributed by atoms with van der Waals surface area (Å²) in [6.45, 7) is 1.20. The lowest BCUT2D eigenvalue weighted by molar-refractivity contribution is -0.316. The highest BCUT2D eigenvalue weighted by molar-refractivity contribution is 7.80. The highest BCUT2D eigenvalue weighted by Crippen LogP contribution is 2.30. The quantitative estimate of drug-likeness (QED) is 0.647. The van der Waals surface area contributed by atoms with E-state index in [-0.39, 0.29) is 10.1 Å². The molecule has 1 aromatic rings. The molecule has 0 aromatic heterocycles. The molecule has 0 unspecified atom stereocenters. The molecule has 100 valence electrons. The van der Waals surface area contributed by atoms with Crippen molar-refractivity contribution in [2.24, 2.45) is 0 Å². The molecule has 0 saturated carbocycles. The zero-order valence-corrected chi connectivity index (χ0v) is 12.4. The van der Waals surface area contributed by atoms with E-state index in [0.717, 1.165) is 0 Å². The smallest absolute Gasteiger partial charge is 0.171 e. The van der Waals surface area contributed by atoms with Crippen molar-refractivity contribution in [2.75, 3.05) is 5.32 Å². The highest BCUT2D eigenvalue weighted by Gasteiger charge is 2.10. The lowest BCUT2D eigenvalue weighted by atomic mass is 10.3. The van der Waals surface area contributed by atoms with Crippen LogP contribution in [0.1, 0.15) is 6.92 Å². The van der Waals surface area contributed by atoms with Gasteiger partial charge >= 0.3 is 0 Å². The molecule has 0 radical (unpaired) electrons. The lowest BCUT2D eigenvalue weighted by Gasteiger charge is -2.36. The number of halogens is 2. The Bertz CT molecular complexity index is 509. The maximum absolute atomic E-state index is 10.7. The van der Waals surface area contributed by atoms with Gasteiger partial charge in [0.15, 0.2) is 5.11 Å². The van der Waals surface area contributed by atoms with E-state index in [4.69, 9.17) is 35.4 Å². The van der Waals surface area contributed by atoms with Crippen molar-refractivity contribution in [3.8, 4) is 0 Å². The molecule has 9 heteroatoms. The first-order valence-corrected chi connectivity index (χ1v) is 7.52. The van der Waals surface area contributed by atoms with Crippen LogP contribution in [0.25, 0.3) is 0 Å². The fourth-order valence-corrected chi connectivity index (χ4v) is 2.04. The Kier molecular flexibility index (Phi) is 5.40. The second-order valence-electron chi connectivity index (χ2n) is 3.42. The minimum Gasteiger partial charge on any atom is -0.809 e. The first kappa shape index (κ1) is 15.7. The summed E-state index contributed by atoms with van der Waals surface area (Å²) in [5, 5.41) is 5.56. The fourth-order valence-electron chi connectivity index (χ4n) is 1.03. The van der Waals surface area contributed by atoms with E-state index < -0.39 is 13.4 Å². The van der Waals surface area contributed by atoms with Gasteiger partial charge in [-0.2, -0.15) is 0 Å². The molecule has 0 saturated heterocycles. The molecule has 0 amide bonds. The van der Waals surface area contributed by atoms with Crippen LogP contribution < -0.4 is 20.4 Å². The van der Waals surface area contributed by atoms with Crippen LogP contribution in [-0.2, 0) is 4.57 Å². The van der Waals surface area contributed by atoms with Crippen molar-refractivity contribution in [2.45, 2.75) is 12.7 Å². The second kappa shape index (κ2) is 6.19. The maximum Gasteiger partial charge on any atom is 0.171 e. The van der Waals surface area contributed by atoms with Gasteiger partial charge in [-0.3, -0.25) is 0 Å². The van der Waals surface area contributed by atoms with Crippen LogP contribution in [0.15, 0.2) is 18.2 Å². The number of rotatable bonds is 3. The van der Waals surface area contributed by atoms with Crippen LogP contribution in [0.4, 0.5) is 5.69 Å². The Balaban J connectivity index is 2.71. The van der Waals surface area contributed by atoms with Gasteiger partial charge in [-0.25, -0.2) is 0 Å². The summed E-state index contributed by atoms with van der Waals surface area (Å²) >= 11 is 16.6. The number of benzene rings is 1. The van der Waals surface area contributed by atoms with E-state index in [1.165, 1.54) is 6.92 Å². The van der Waals surface area contributed by atoms with Crippen molar-refractivity contribution in [1.82, 2.24) is 5.32 Å². The normalized spacial score (nSPS) is 12.9. The number of thiocarbonyl (C=S) groups is 1. The Labute approximate surface area is 120 Å². The molecular formula is C9H9Cl2N2O3PS-2. The monoisotopic (exact) mass is 326 g/mol. The van der Waals surface area contributed by atoms with Gasteiger partial charge in [-0.15, -0.1) is 0 Å². The summed E-state index contributed by atoms with van der Waals surface area (Å²) < 4.78 is 10.7. The van der Waals surface area contributed by atoms with Crippen LogP contribution >= 0.6 is 43.0 Å². The fraction of sp³-hybridized carbons (Fsp3) is 0.222. The molecule has 18 heavy (non-hydrogen) atoms. The highest BCUT2D eigenvalue weighted by atomic mass is 35.5. The van der Waals surface area contributed by atoms with E-state index in [9.17, 15) is 14.4 Å². The SMILES string of the molecule is C[C@@H](NC(=S)Nc1cccc(Cl)c1Cl)P(=O)([O-])[O-]. The number of hydrogen-bond acceptors (Lipinski definition) is 4. The average Bonchev–Trinajstić information content (AvgIpc) is 2.23. The number of nitrogens with one attached hydrogen (secondary N) is 2. The zero-order chi connectivity index (χ0) is 13.9. The van der Waals surface area contributed by atoms with Crippen LogP contribution in [0, 0.1) is 0 Å². The molecule has 1 atom stereocenters. The predicted octanol–water partition coefficient (Wildman–Crippen LogP) is 1.54. The van der Waals surface area contributed by atoms with Crippen molar-refractivity contribution in [3.63, 3.8) is 0 Å². The van der Waals surface area contributed by atoms with E-state index in [1.807, 2.05) is 0 Å². The topological polar surface area (TPSA) is 87.2 Å². The molecule has 0 spiro atoms. The van der Waals surface area contributed by atoms with Crippen LogP contribution in [-0.4, -0.2) is 10.9 Å². The molecule has 0 heterocycles. The van der Waals surface area contributed by atoms with Crippen LogP contribution in [0.2, 0.25) is 10.0 Å². The van der Waals surface area contributed by atoms with E-state index in [1.54, 1.807) is 18.2 Å². The first-order valence-electron chi connectivity index (χ1n) is 4.75. The van der Waals surface area contributed by atoms with Crippen LogP contribution in [0.5, 0.6) is 0 Å². The average molecular weight is 327 g/mol. The maximum atomic E-state index is 10.7. The minimum absolute atomic E-state index is 0.0291. The standard InChI is InChI=1S/C9H11Cl2N2O3PS/c1-5(17(14,15)16)12-9(18)13-7-4-2-3-6(10)8(7)11/h2-5H,1H3,(H2,12,13,18)(H2,14,15,16)/p-2/t5-/m0/s1. The molecule has 0 aliphatic heterocycles. The van der Waals surface area contributed by atoms with Crippen molar-refractivity contribution in [3.05, 3.63) is 28.2 Å². The zero-order valence-electron chi connectivity index (χ0n) is 9.15. The van der Waals surface area contributed by atoms with E-state index in [2.05, 4.69) is 10.6 Å². The molecule has 0 aliphatic carbocycles. The number of anilines is 1. The molecule has 0 fully saturated rings. The third kappa shape index (κ3) is 4.39. The molecule has 0 bridgehead atoms.